The van der Waals surface area contributed by atoms with Gasteiger partial charge in [0.1, 0.15) is 10.7 Å². The highest BCUT2D eigenvalue weighted by atomic mass is 32.1. The first-order valence-corrected chi connectivity index (χ1v) is 5.92. The van der Waals surface area contributed by atoms with Gasteiger partial charge in [-0.1, -0.05) is 11.4 Å². The van der Waals surface area contributed by atoms with Gasteiger partial charge in [0.25, 0.3) is 6.43 Å². The van der Waals surface area contributed by atoms with E-state index in [9.17, 15) is 8.78 Å². The Kier molecular flexibility index (Phi) is 5.54. The Balaban J connectivity index is 2.49. The first-order chi connectivity index (χ1) is 7.63. The van der Waals surface area contributed by atoms with Gasteiger partial charge in [-0.15, -0.1) is 5.10 Å². The zero-order valence-corrected chi connectivity index (χ0v) is 10.2. The van der Waals surface area contributed by atoms with E-state index in [2.05, 4.69) is 21.8 Å². The SMILES string of the molecule is CCCNc1snnc1CN(C)CC(F)F. The zero-order chi connectivity index (χ0) is 12.0. The Hall–Kier alpha value is -0.820. The van der Waals surface area contributed by atoms with Crippen molar-refractivity contribution in [3.8, 4) is 0 Å². The number of nitrogens with zero attached hydrogens (tertiary/aromatic N) is 3. The van der Waals surface area contributed by atoms with Crippen LogP contribution in [-0.4, -0.2) is 41.0 Å². The minimum atomic E-state index is -2.32. The molecule has 0 fully saturated rings. The topological polar surface area (TPSA) is 41.1 Å². The van der Waals surface area contributed by atoms with Crippen LogP contribution in [0.5, 0.6) is 0 Å². The van der Waals surface area contributed by atoms with Crippen molar-refractivity contribution in [2.75, 3.05) is 25.5 Å². The maximum Gasteiger partial charge on any atom is 0.251 e. The molecule has 92 valence electrons. The first-order valence-electron chi connectivity index (χ1n) is 5.15. The van der Waals surface area contributed by atoms with Crippen LogP contribution in [0.2, 0.25) is 0 Å². The molecule has 0 aliphatic rings. The van der Waals surface area contributed by atoms with Crippen LogP contribution in [0.3, 0.4) is 0 Å². The van der Waals surface area contributed by atoms with Crippen LogP contribution in [0.25, 0.3) is 0 Å². The summed E-state index contributed by atoms with van der Waals surface area (Å²) in [5, 5.41) is 7.99. The lowest BCUT2D eigenvalue weighted by Gasteiger charge is -2.14. The van der Waals surface area contributed by atoms with Gasteiger partial charge in [-0.3, -0.25) is 4.90 Å². The smallest absolute Gasteiger partial charge is 0.251 e. The van der Waals surface area contributed by atoms with Crippen LogP contribution in [0.15, 0.2) is 0 Å². The summed E-state index contributed by atoms with van der Waals surface area (Å²) in [5.41, 5.74) is 0.738. The first kappa shape index (κ1) is 13.2. The summed E-state index contributed by atoms with van der Waals surface area (Å²) in [7, 11) is 1.65. The Morgan fingerprint density at radius 1 is 1.50 bits per heavy atom. The second-order valence-corrected chi connectivity index (χ2v) is 4.32. The molecule has 0 aliphatic carbocycles. The summed E-state index contributed by atoms with van der Waals surface area (Å²) < 4.78 is 28.1. The molecular formula is C9H16F2N4S. The van der Waals surface area contributed by atoms with Gasteiger partial charge in [-0.2, -0.15) is 0 Å². The summed E-state index contributed by atoms with van der Waals surface area (Å²) in [6.07, 6.45) is -1.31. The highest BCUT2D eigenvalue weighted by Crippen LogP contribution is 2.19. The Bertz CT molecular complexity index is 305. The summed E-state index contributed by atoms with van der Waals surface area (Å²) in [6.45, 7) is 3.05. The lowest BCUT2D eigenvalue weighted by atomic mass is 10.4. The average molecular weight is 250 g/mol. The molecule has 1 rings (SSSR count). The molecule has 0 amide bonds. The van der Waals surface area contributed by atoms with Crippen LogP contribution >= 0.6 is 11.5 Å². The minimum Gasteiger partial charge on any atom is -0.374 e. The second-order valence-electron chi connectivity index (χ2n) is 3.56. The predicted molar refractivity (Wildman–Crippen MR) is 61.0 cm³/mol. The quantitative estimate of drug-likeness (QED) is 0.804. The third-order valence-electron chi connectivity index (χ3n) is 1.96. The third-order valence-corrected chi connectivity index (χ3v) is 2.69. The summed E-state index contributed by atoms with van der Waals surface area (Å²) in [4.78, 5) is 1.54. The second kappa shape index (κ2) is 6.70. The van der Waals surface area contributed by atoms with E-state index >= 15 is 0 Å². The number of aromatic nitrogens is 2. The van der Waals surface area contributed by atoms with E-state index in [4.69, 9.17) is 0 Å². The summed E-state index contributed by atoms with van der Waals surface area (Å²) >= 11 is 1.26. The van der Waals surface area contributed by atoms with E-state index in [-0.39, 0.29) is 6.54 Å². The molecule has 0 radical (unpaired) electrons. The van der Waals surface area contributed by atoms with Crippen molar-refractivity contribution in [1.82, 2.24) is 14.5 Å². The molecule has 1 aromatic rings. The Labute approximate surface area is 97.8 Å². The van der Waals surface area contributed by atoms with Crippen molar-refractivity contribution in [3.63, 3.8) is 0 Å². The number of hydrogen-bond donors (Lipinski definition) is 1. The fourth-order valence-corrected chi connectivity index (χ4v) is 1.84. The number of halogens is 2. The van der Waals surface area contributed by atoms with Crippen LogP contribution in [-0.2, 0) is 6.54 Å². The van der Waals surface area contributed by atoms with E-state index in [0.29, 0.717) is 6.54 Å². The summed E-state index contributed by atoms with van der Waals surface area (Å²) in [5.74, 6) is 0. The van der Waals surface area contributed by atoms with Gasteiger partial charge in [0.15, 0.2) is 0 Å². The van der Waals surface area contributed by atoms with Crippen molar-refractivity contribution in [3.05, 3.63) is 5.69 Å². The van der Waals surface area contributed by atoms with Gasteiger partial charge in [-0.05, 0) is 13.5 Å². The number of nitrogens with one attached hydrogen (secondary N) is 1. The van der Waals surface area contributed by atoms with Gasteiger partial charge in [-0.25, -0.2) is 8.78 Å². The zero-order valence-electron chi connectivity index (χ0n) is 9.41. The maximum absolute atomic E-state index is 12.1. The van der Waals surface area contributed by atoms with Crippen LogP contribution in [0.1, 0.15) is 19.0 Å². The maximum atomic E-state index is 12.1. The van der Waals surface area contributed by atoms with Crippen LogP contribution < -0.4 is 5.32 Å². The monoisotopic (exact) mass is 250 g/mol. The standard InChI is InChI=1S/C9H16F2N4S/c1-3-4-12-9-7(13-14-16-9)5-15(2)6-8(10)11/h8,12H,3-6H2,1-2H3. The predicted octanol–water partition coefficient (Wildman–Crippen LogP) is 2.06. The third kappa shape index (κ3) is 4.36. The fraction of sp³-hybridized carbons (Fsp3) is 0.778. The van der Waals surface area contributed by atoms with E-state index < -0.39 is 6.43 Å². The molecule has 0 aliphatic heterocycles. The number of rotatable bonds is 7. The van der Waals surface area contributed by atoms with Gasteiger partial charge in [0, 0.05) is 24.6 Å². The van der Waals surface area contributed by atoms with Gasteiger partial charge in [0.2, 0.25) is 0 Å². The van der Waals surface area contributed by atoms with E-state index in [0.717, 1.165) is 23.7 Å². The van der Waals surface area contributed by atoms with E-state index in [1.807, 2.05) is 0 Å². The number of hydrogen-bond acceptors (Lipinski definition) is 5. The molecule has 0 atom stereocenters. The minimum absolute atomic E-state index is 0.245. The molecule has 7 heteroatoms. The molecule has 4 nitrogen and oxygen atoms in total. The van der Waals surface area contributed by atoms with E-state index in [1.165, 1.54) is 11.5 Å². The van der Waals surface area contributed by atoms with Gasteiger partial charge < -0.3 is 5.32 Å². The van der Waals surface area contributed by atoms with E-state index in [1.54, 1.807) is 11.9 Å². The molecule has 0 bridgehead atoms. The Morgan fingerprint density at radius 3 is 2.88 bits per heavy atom. The molecule has 16 heavy (non-hydrogen) atoms. The lowest BCUT2D eigenvalue weighted by molar-refractivity contribution is 0.0971. The van der Waals surface area contributed by atoms with Crippen LogP contribution in [0, 0.1) is 0 Å². The molecule has 1 heterocycles. The molecule has 0 unspecified atom stereocenters. The molecule has 0 saturated heterocycles. The molecule has 0 saturated carbocycles. The number of anilines is 1. The molecule has 1 N–H and O–H groups in total. The lowest BCUT2D eigenvalue weighted by Crippen LogP contribution is -2.24. The van der Waals surface area contributed by atoms with Crippen molar-refractivity contribution >= 4 is 16.5 Å². The normalized spacial score (nSPS) is 11.4. The van der Waals surface area contributed by atoms with Crippen molar-refractivity contribution in [2.24, 2.45) is 0 Å². The number of alkyl halides is 2. The van der Waals surface area contributed by atoms with Crippen molar-refractivity contribution in [1.29, 1.82) is 0 Å². The molecule has 0 aromatic carbocycles. The van der Waals surface area contributed by atoms with Crippen molar-refractivity contribution < 1.29 is 8.78 Å². The van der Waals surface area contributed by atoms with Crippen LogP contribution in [0.4, 0.5) is 13.8 Å². The fourth-order valence-electron chi connectivity index (χ4n) is 1.24. The molecular weight excluding hydrogens is 234 g/mol. The average Bonchev–Trinajstić information content (AvgIpc) is 2.61. The highest BCUT2D eigenvalue weighted by Gasteiger charge is 2.13. The van der Waals surface area contributed by atoms with Crippen molar-refractivity contribution in [2.45, 2.75) is 26.3 Å². The van der Waals surface area contributed by atoms with Gasteiger partial charge in [0.05, 0.1) is 6.54 Å². The van der Waals surface area contributed by atoms with Gasteiger partial charge >= 0.3 is 0 Å². The summed E-state index contributed by atoms with van der Waals surface area (Å²) in [6, 6.07) is 0. The molecule has 0 spiro atoms. The Morgan fingerprint density at radius 2 is 2.25 bits per heavy atom. The molecule has 1 aromatic heterocycles. The highest BCUT2D eigenvalue weighted by molar-refractivity contribution is 7.10. The largest absolute Gasteiger partial charge is 0.374 e.